The molecule has 0 fully saturated rings. The second kappa shape index (κ2) is 61.6. The standard InChI is InChI=1S/C68H114O6/c1-4-7-10-13-16-19-22-24-26-28-29-30-31-32-33-34-35-36-37-38-39-41-42-44-46-49-52-55-58-61-67(70)73-64-65(63-72-66(69)60-57-54-51-48-21-18-15-12-9-6-3)74-68(71)62-59-56-53-50-47-45-43-40-27-25-23-20-17-14-11-8-5-2/h7,10,12,15-16,19,24,26,29-30,32-33,35-36,38-39,42,44,65H,4-6,8-9,11,13-14,17-18,20-23,25,27-28,31,34,37,40-41,43,45-64H2,1-3H3/b10-7-,15-12-,19-16-,26-24-,30-29-,33-32-,36-35-,39-38-,44-42-. The van der Waals surface area contributed by atoms with Crippen molar-refractivity contribution in [1.29, 1.82) is 0 Å². The number of rotatable bonds is 55. The van der Waals surface area contributed by atoms with Crippen LogP contribution in [0.3, 0.4) is 0 Å². The molecule has 1 unspecified atom stereocenters. The van der Waals surface area contributed by atoms with E-state index in [0.29, 0.717) is 19.3 Å². The molecule has 0 rings (SSSR count). The summed E-state index contributed by atoms with van der Waals surface area (Å²) in [5, 5.41) is 0. The summed E-state index contributed by atoms with van der Waals surface area (Å²) in [6.45, 7) is 6.45. The van der Waals surface area contributed by atoms with Crippen molar-refractivity contribution in [2.75, 3.05) is 13.2 Å². The highest BCUT2D eigenvalue weighted by atomic mass is 16.6. The molecule has 74 heavy (non-hydrogen) atoms. The Morgan fingerprint density at radius 1 is 0.284 bits per heavy atom. The van der Waals surface area contributed by atoms with E-state index in [4.69, 9.17) is 14.2 Å². The fraction of sp³-hybridized carbons (Fsp3) is 0.691. The van der Waals surface area contributed by atoms with E-state index >= 15 is 0 Å². The molecule has 422 valence electrons. The molecule has 0 heterocycles. The third-order valence-corrected chi connectivity index (χ3v) is 13.0. The van der Waals surface area contributed by atoms with E-state index in [1.165, 1.54) is 103 Å². The van der Waals surface area contributed by atoms with Crippen molar-refractivity contribution in [1.82, 2.24) is 0 Å². The van der Waals surface area contributed by atoms with Crippen molar-refractivity contribution in [2.45, 2.75) is 290 Å². The molecule has 6 heteroatoms. The molecule has 6 nitrogen and oxygen atoms in total. The Balaban J connectivity index is 4.31. The lowest BCUT2D eigenvalue weighted by atomic mass is 10.0. The van der Waals surface area contributed by atoms with Crippen LogP contribution in [0.5, 0.6) is 0 Å². The molecule has 0 bridgehead atoms. The molecule has 0 saturated carbocycles. The number of hydrogen-bond donors (Lipinski definition) is 0. The minimum absolute atomic E-state index is 0.0895. The summed E-state index contributed by atoms with van der Waals surface area (Å²) in [4.78, 5) is 38.1. The molecule has 0 amide bonds. The van der Waals surface area contributed by atoms with Crippen molar-refractivity contribution >= 4 is 17.9 Å². The average Bonchev–Trinajstić information content (AvgIpc) is 3.40. The van der Waals surface area contributed by atoms with Crippen LogP contribution >= 0.6 is 0 Å². The maximum Gasteiger partial charge on any atom is 0.306 e. The molecule has 0 aromatic heterocycles. The molecule has 0 saturated heterocycles. The molecule has 0 spiro atoms. The van der Waals surface area contributed by atoms with E-state index in [1.54, 1.807) is 0 Å². The Kier molecular flexibility index (Phi) is 58.3. The summed E-state index contributed by atoms with van der Waals surface area (Å²) < 4.78 is 16.8. The third kappa shape index (κ3) is 59.0. The van der Waals surface area contributed by atoms with Crippen LogP contribution in [0, 0.1) is 0 Å². The number of carbonyl (C=O) groups excluding carboxylic acids is 3. The first-order valence-electron chi connectivity index (χ1n) is 30.9. The summed E-state index contributed by atoms with van der Waals surface area (Å²) in [6.07, 6.45) is 83.8. The number of unbranched alkanes of at least 4 members (excludes halogenated alkanes) is 26. The number of esters is 3. The maximum atomic E-state index is 12.9. The summed E-state index contributed by atoms with van der Waals surface area (Å²) in [5.74, 6) is -0.920. The van der Waals surface area contributed by atoms with E-state index in [1.807, 2.05) is 0 Å². The van der Waals surface area contributed by atoms with Crippen LogP contribution in [0.25, 0.3) is 0 Å². The van der Waals surface area contributed by atoms with Gasteiger partial charge in [-0.2, -0.15) is 0 Å². The summed E-state index contributed by atoms with van der Waals surface area (Å²) in [6, 6.07) is 0. The number of hydrogen-bond acceptors (Lipinski definition) is 6. The first kappa shape index (κ1) is 70.1. The van der Waals surface area contributed by atoms with Gasteiger partial charge in [-0.05, 0) is 103 Å². The predicted octanol–water partition coefficient (Wildman–Crippen LogP) is 21.0. The van der Waals surface area contributed by atoms with Crippen LogP contribution in [0.15, 0.2) is 109 Å². The van der Waals surface area contributed by atoms with Gasteiger partial charge in [0.05, 0.1) is 0 Å². The van der Waals surface area contributed by atoms with Crippen molar-refractivity contribution in [3.05, 3.63) is 109 Å². The summed E-state index contributed by atoms with van der Waals surface area (Å²) in [5.41, 5.74) is 0. The van der Waals surface area contributed by atoms with Crippen LogP contribution in [-0.4, -0.2) is 37.2 Å². The molecule has 1 atom stereocenters. The minimum Gasteiger partial charge on any atom is -0.462 e. The van der Waals surface area contributed by atoms with Crippen molar-refractivity contribution in [3.63, 3.8) is 0 Å². The first-order valence-corrected chi connectivity index (χ1v) is 30.9. The highest BCUT2D eigenvalue weighted by molar-refractivity contribution is 5.71. The number of ether oxygens (including phenoxy) is 3. The minimum atomic E-state index is -0.791. The first-order chi connectivity index (χ1) is 36.5. The topological polar surface area (TPSA) is 78.9 Å². The lowest BCUT2D eigenvalue weighted by Crippen LogP contribution is -2.30. The zero-order chi connectivity index (χ0) is 53.6. The normalized spacial score (nSPS) is 12.9. The molecule has 0 N–H and O–H groups in total. The van der Waals surface area contributed by atoms with Gasteiger partial charge in [0.15, 0.2) is 6.10 Å². The van der Waals surface area contributed by atoms with Crippen molar-refractivity contribution < 1.29 is 28.6 Å². The largest absolute Gasteiger partial charge is 0.462 e. The van der Waals surface area contributed by atoms with Gasteiger partial charge >= 0.3 is 17.9 Å². The van der Waals surface area contributed by atoms with Crippen LogP contribution < -0.4 is 0 Å². The van der Waals surface area contributed by atoms with Crippen LogP contribution in [-0.2, 0) is 28.6 Å². The van der Waals surface area contributed by atoms with Gasteiger partial charge in [-0.25, -0.2) is 0 Å². The molecular weight excluding hydrogens is 913 g/mol. The Morgan fingerprint density at radius 3 is 0.892 bits per heavy atom. The summed E-state index contributed by atoms with van der Waals surface area (Å²) in [7, 11) is 0. The molecule has 0 aliphatic heterocycles. The van der Waals surface area contributed by atoms with Crippen LogP contribution in [0.1, 0.15) is 284 Å². The predicted molar refractivity (Wildman–Crippen MR) is 320 cm³/mol. The van der Waals surface area contributed by atoms with E-state index in [2.05, 4.69) is 130 Å². The Labute approximate surface area is 457 Å². The Bertz CT molecular complexity index is 1510. The van der Waals surface area contributed by atoms with E-state index in [9.17, 15) is 14.4 Å². The molecule has 0 aliphatic rings. The second-order valence-electron chi connectivity index (χ2n) is 20.2. The van der Waals surface area contributed by atoms with Crippen molar-refractivity contribution in [2.24, 2.45) is 0 Å². The average molecular weight is 1030 g/mol. The van der Waals surface area contributed by atoms with Gasteiger partial charge in [-0.15, -0.1) is 0 Å². The maximum absolute atomic E-state index is 12.9. The van der Waals surface area contributed by atoms with Gasteiger partial charge < -0.3 is 14.2 Å². The van der Waals surface area contributed by atoms with E-state index in [0.717, 1.165) is 141 Å². The highest BCUT2D eigenvalue weighted by Crippen LogP contribution is 2.16. The third-order valence-electron chi connectivity index (χ3n) is 13.0. The highest BCUT2D eigenvalue weighted by Gasteiger charge is 2.19. The molecule has 0 radical (unpaired) electrons. The lowest BCUT2D eigenvalue weighted by molar-refractivity contribution is -0.167. The molecule has 0 aromatic rings. The van der Waals surface area contributed by atoms with Gasteiger partial charge in [-0.1, -0.05) is 271 Å². The quantitative estimate of drug-likeness (QED) is 0.0261. The number of carbonyl (C=O) groups is 3. The molecular formula is C68H114O6. The van der Waals surface area contributed by atoms with Gasteiger partial charge in [0.2, 0.25) is 0 Å². The van der Waals surface area contributed by atoms with E-state index in [-0.39, 0.29) is 31.1 Å². The monoisotopic (exact) mass is 1030 g/mol. The zero-order valence-electron chi connectivity index (χ0n) is 48.3. The van der Waals surface area contributed by atoms with E-state index < -0.39 is 6.10 Å². The van der Waals surface area contributed by atoms with Gasteiger partial charge in [0.25, 0.3) is 0 Å². The van der Waals surface area contributed by atoms with Gasteiger partial charge in [0, 0.05) is 19.3 Å². The van der Waals surface area contributed by atoms with Gasteiger partial charge in [0.1, 0.15) is 13.2 Å². The van der Waals surface area contributed by atoms with Crippen LogP contribution in [0.4, 0.5) is 0 Å². The SMILES string of the molecule is CC/C=C\C/C=C\C/C=C\C/C=C\C/C=C\C/C=C\C/C=C\C/C=C\CCCCCCC(=O)OCC(COC(=O)CCCCCCC/C=C\CCC)OC(=O)CCCCCCCCCCCCCCCCCCC. The Morgan fingerprint density at radius 2 is 0.554 bits per heavy atom. The van der Waals surface area contributed by atoms with Gasteiger partial charge in [-0.3, -0.25) is 14.4 Å². The second-order valence-corrected chi connectivity index (χ2v) is 20.2. The fourth-order valence-corrected chi connectivity index (χ4v) is 8.40. The van der Waals surface area contributed by atoms with Crippen molar-refractivity contribution in [3.8, 4) is 0 Å². The van der Waals surface area contributed by atoms with Crippen LogP contribution in [0.2, 0.25) is 0 Å². The smallest absolute Gasteiger partial charge is 0.306 e. The zero-order valence-corrected chi connectivity index (χ0v) is 48.3. The molecule has 0 aromatic carbocycles. The Hall–Kier alpha value is -3.93. The fourth-order valence-electron chi connectivity index (χ4n) is 8.40. The summed E-state index contributed by atoms with van der Waals surface area (Å²) >= 11 is 0. The lowest BCUT2D eigenvalue weighted by Gasteiger charge is -2.18. The number of allylic oxidation sites excluding steroid dienone is 18. The molecule has 0 aliphatic carbocycles.